The lowest BCUT2D eigenvalue weighted by Crippen LogP contribution is -2.09. The van der Waals surface area contributed by atoms with Crippen molar-refractivity contribution in [3.8, 4) is 17.1 Å². The number of ether oxygens (including phenoxy) is 1. The molecule has 0 aliphatic heterocycles. The molecule has 3 rings (SSSR count). The van der Waals surface area contributed by atoms with E-state index in [2.05, 4.69) is 14.7 Å². The molecule has 0 spiro atoms. The number of para-hydroxylation sites is 1. The molecular weight excluding hydrogens is 278 g/mol. The first-order chi connectivity index (χ1) is 10.1. The van der Waals surface area contributed by atoms with Crippen molar-refractivity contribution in [2.45, 2.75) is 0 Å². The predicted molar refractivity (Wildman–Crippen MR) is 74.3 cm³/mol. The van der Waals surface area contributed by atoms with Crippen LogP contribution in [0.15, 0.2) is 41.2 Å². The Balaban J connectivity index is 2.23. The van der Waals surface area contributed by atoms with E-state index in [1.54, 1.807) is 24.3 Å². The summed E-state index contributed by atoms with van der Waals surface area (Å²) in [5.41, 5.74) is 0.216. The topological polar surface area (TPSA) is 55.0 Å². The Morgan fingerprint density at radius 1 is 1.14 bits per heavy atom. The zero-order valence-electron chi connectivity index (χ0n) is 11.0. The molecule has 0 aliphatic carbocycles. The van der Waals surface area contributed by atoms with Gasteiger partial charge in [-0.2, -0.15) is 0 Å². The fourth-order valence-corrected chi connectivity index (χ4v) is 2.11. The smallest absolute Gasteiger partial charge is 0.259 e. The molecule has 6 heteroatoms. The van der Waals surface area contributed by atoms with E-state index in [1.165, 1.54) is 7.11 Å². The summed E-state index contributed by atoms with van der Waals surface area (Å²) in [6.07, 6.45) is 0. The molecule has 1 heterocycles. The number of halogens is 2. The van der Waals surface area contributed by atoms with E-state index in [1.807, 2.05) is 0 Å². The van der Waals surface area contributed by atoms with Gasteiger partial charge in [0.1, 0.15) is 5.82 Å². The Hall–Kier alpha value is -2.76. The van der Waals surface area contributed by atoms with Crippen LogP contribution in [0.2, 0.25) is 0 Å². The number of benzene rings is 2. The molecule has 21 heavy (non-hydrogen) atoms. The van der Waals surface area contributed by atoms with Gasteiger partial charge < -0.3 is 9.72 Å². The fourth-order valence-electron chi connectivity index (χ4n) is 2.11. The van der Waals surface area contributed by atoms with Crippen LogP contribution in [-0.4, -0.2) is 17.1 Å². The quantitative estimate of drug-likeness (QED) is 0.789. The van der Waals surface area contributed by atoms with Gasteiger partial charge in [-0.15, -0.1) is 0 Å². The molecular formula is C15H10F2N2O2. The van der Waals surface area contributed by atoms with Gasteiger partial charge in [0.15, 0.2) is 17.4 Å². The highest BCUT2D eigenvalue weighted by Crippen LogP contribution is 2.27. The van der Waals surface area contributed by atoms with E-state index in [-0.39, 0.29) is 16.9 Å². The Labute approximate surface area is 118 Å². The van der Waals surface area contributed by atoms with E-state index in [0.717, 1.165) is 12.1 Å². The molecule has 0 aliphatic rings. The Bertz CT molecular complexity index is 867. The number of hydrogen-bond donors (Lipinski definition) is 1. The van der Waals surface area contributed by atoms with Gasteiger partial charge >= 0.3 is 0 Å². The van der Waals surface area contributed by atoms with Crippen molar-refractivity contribution in [2.24, 2.45) is 0 Å². The van der Waals surface area contributed by atoms with Crippen molar-refractivity contribution in [1.82, 2.24) is 9.97 Å². The number of H-pyrrole nitrogens is 1. The lowest BCUT2D eigenvalue weighted by atomic mass is 10.1. The van der Waals surface area contributed by atoms with Crippen molar-refractivity contribution < 1.29 is 13.5 Å². The van der Waals surface area contributed by atoms with E-state index >= 15 is 0 Å². The SMILES string of the molecule is COc1c(F)cc(-c2nc3ccccc3c(=O)[nH]2)cc1F. The zero-order valence-corrected chi connectivity index (χ0v) is 11.0. The third-order valence-corrected chi connectivity index (χ3v) is 3.09. The number of hydrogen-bond acceptors (Lipinski definition) is 3. The molecule has 0 radical (unpaired) electrons. The molecule has 0 saturated heterocycles. The molecule has 0 unspecified atom stereocenters. The van der Waals surface area contributed by atoms with Gasteiger partial charge in [0.25, 0.3) is 5.56 Å². The number of fused-ring (bicyclic) bond motifs is 1. The van der Waals surface area contributed by atoms with Gasteiger partial charge in [0.2, 0.25) is 0 Å². The molecule has 2 aromatic carbocycles. The van der Waals surface area contributed by atoms with Gasteiger partial charge in [0, 0.05) is 5.56 Å². The molecule has 1 N–H and O–H groups in total. The number of methoxy groups -OCH3 is 1. The summed E-state index contributed by atoms with van der Waals surface area (Å²) >= 11 is 0. The third-order valence-electron chi connectivity index (χ3n) is 3.09. The largest absolute Gasteiger partial charge is 0.491 e. The molecule has 106 valence electrons. The van der Waals surface area contributed by atoms with Crippen LogP contribution >= 0.6 is 0 Å². The first kappa shape index (κ1) is 13.2. The highest BCUT2D eigenvalue weighted by Gasteiger charge is 2.14. The standard InChI is InChI=1S/C15H10F2N2O2/c1-21-13-10(16)6-8(7-11(13)17)14-18-12-5-3-2-4-9(12)15(20)19-14/h2-7H,1H3,(H,18,19,20). The Morgan fingerprint density at radius 3 is 2.48 bits per heavy atom. The molecule has 0 atom stereocenters. The summed E-state index contributed by atoms with van der Waals surface area (Å²) in [7, 11) is 1.18. The molecule has 0 fully saturated rings. The van der Waals surface area contributed by atoms with Gasteiger partial charge in [-0.1, -0.05) is 12.1 Å². The fraction of sp³-hybridized carbons (Fsp3) is 0.0667. The summed E-state index contributed by atoms with van der Waals surface area (Å²) in [5, 5.41) is 0.413. The summed E-state index contributed by atoms with van der Waals surface area (Å²) in [5.74, 6) is -2.09. The molecule has 3 aromatic rings. The molecule has 0 bridgehead atoms. The van der Waals surface area contributed by atoms with Crippen molar-refractivity contribution in [2.75, 3.05) is 7.11 Å². The van der Waals surface area contributed by atoms with E-state index in [9.17, 15) is 13.6 Å². The van der Waals surface area contributed by atoms with Crippen molar-refractivity contribution in [1.29, 1.82) is 0 Å². The normalized spacial score (nSPS) is 10.8. The highest BCUT2D eigenvalue weighted by atomic mass is 19.1. The monoisotopic (exact) mass is 288 g/mol. The second kappa shape index (κ2) is 4.97. The first-order valence-corrected chi connectivity index (χ1v) is 6.12. The number of aromatic nitrogens is 2. The Morgan fingerprint density at radius 2 is 1.81 bits per heavy atom. The van der Waals surface area contributed by atoms with E-state index in [0.29, 0.717) is 10.9 Å². The molecule has 1 aromatic heterocycles. The Kier molecular flexibility index (Phi) is 3.13. The summed E-state index contributed by atoms with van der Waals surface area (Å²) in [4.78, 5) is 18.7. The maximum atomic E-state index is 13.7. The van der Waals surface area contributed by atoms with E-state index in [4.69, 9.17) is 0 Å². The van der Waals surface area contributed by atoms with E-state index < -0.39 is 17.4 Å². The van der Waals surface area contributed by atoms with Crippen LogP contribution in [0, 0.1) is 11.6 Å². The van der Waals surface area contributed by atoms with Gasteiger partial charge in [0.05, 0.1) is 18.0 Å². The second-order valence-electron chi connectivity index (χ2n) is 4.40. The molecule has 4 nitrogen and oxygen atoms in total. The van der Waals surface area contributed by atoms with Crippen LogP contribution < -0.4 is 10.3 Å². The van der Waals surface area contributed by atoms with Crippen molar-refractivity contribution in [3.63, 3.8) is 0 Å². The highest BCUT2D eigenvalue weighted by molar-refractivity contribution is 5.79. The number of nitrogens with one attached hydrogen (secondary N) is 1. The lowest BCUT2D eigenvalue weighted by molar-refractivity contribution is 0.360. The summed E-state index contributed by atoms with van der Waals surface area (Å²) in [6.45, 7) is 0. The maximum absolute atomic E-state index is 13.7. The van der Waals surface area contributed by atoms with Crippen LogP contribution in [0.5, 0.6) is 5.75 Å². The van der Waals surface area contributed by atoms with Crippen LogP contribution in [0.4, 0.5) is 8.78 Å². The predicted octanol–water partition coefficient (Wildman–Crippen LogP) is 2.88. The third kappa shape index (κ3) is 2.24. The average molecular weight is 288 g/mol. The minimum absolute atomic E-state index is 0.0964. The second-order valence-corrected chi connectivity index (χ2v) is 4.40. The summed E-state index contributed by atoms with van der Waals surface area (Å²) < 4.78 is 32.1. The van der Waals surface area contributed by atoms with Gasteiger partial charge in [-0.05, 0) is 24.3 Å². The number of rotatable bonds is 2. The van der Waals surface area contributed by atoms with Crippen molar-refractivity contribution in [3.05, 3.63) is 58.4 Å². The minimum atomic E-state index is -0.858. The van der Waals surface area contributed by atoms with Gasteiger partial charge in [-0.3, -0.25) is 4.79 Å². The lowest BCUT2D eigenvalue weighted by Gasteiger charge is -2.07. The first-order valence-electron chi connectivity index (χ1n) is 6.12. The maximum Gasteiger partial charge on any atom is 0.259 e. The van der Waals surface area contributed by atoms with Crippen LogP contribution in [0.3, 0.4) is 0 Å². The zero-order chi connectivity index (χ0) is 15.0. The van der Waals surface area contributed by atoms with Crippen LogP contribution in [0.1, 0.15) is 0 Å². The number of nitrogens with zero attached hydrogens (tertiary/aromatic N) is 1. The van der Waals surface area contributed by atoms with Crippen LogP contribution in [0.25, 0.3) is 22.3 Å². The van der Waals surface area contributed by atoms with Crippen molar-refractivity contribution >= 4 is 10.9 Å². The van der Waals surface area contributed by atoms with Crippen LogP contribution in [-0.2, 0) is 0 Å². The molecule has 0 amide bonds. The minimum Gasteiger partial charge on any atom is -0.491 e. The summed E-state index contributed by atoms with van der Waals surface area (Å²) in [6, 6.07) is 8.85. The van der Waals surface area contributed by atoms with Gasteiger partial charge in [-0.25, -0.2) is 13.8 Å². The average Bonchev–Trinajstić information content (AvgIpc) is 2.47. The number of aromatic amines is 1. The molecule has 0 saturated carbocycles.